The number of nitrogens with one attached hydrogen (secondary N) is 1. The van der Waals surface area contributed by atoms with Crippen LogP contribution in [0, 0.1) is 5.92 Å². The Morgan fingerprint density at radius 1 is 1.47 bits per heavy atom. The van der Waals surface area contributed by atoms with E-state index >= 15 is 0 Å². The van der Waals surface area contributed by atoms with Crippen LogP contribution in [0.2, 0.25) is 0 Å². The van der Waals surface area contributed by atoms with Gasteiger partial charge in [-0.25, -0.2) is 0 Å². The molecule has 1 aromatic heterocycles. The molecular weight excluding hydrogens is 234 g/mol. The molecule has 2 rings (SSSR count). The maximum atomic E-state index is 4.30. The van der Waals surface area contributed by atoms with Crippen LogP contribution < -0.4 is 5.32 Å². The molecule has 0 amide bonds. The first-order valence-corrected chi connectivity index (χ1v) is 7.35. The Morgan fingerprint density at radius 2 is 2.26 bits per heavy atom. The van der Waals surface area contributed by atoms with Crippen LogP contribution in [0.5, 0.6) is 0 Å². The summed E-state index contributed by atoms with van der Waals surface area (Å²) in [7, 11) is 6.51. The largest absolute Gasteiger partial charge is 0.311 e. The van der Waals surface area contributed by atoms with Crippen molar-refractivity contribution in [3.8, 4) is 0 Å². The van der Waals surface area contributed by atoms with Crippen LogP contribution in [0.15, 0.2) is 24.5 Å². The third-order valence-electron chi connectivity index (χ3n) is 4.74. The first-order chi connectivity index (χ1) is 9.10. The third kappa shape index (κ3) is 2.82. The van der Waals surface area contributed by atoms with Crippen molar-refractivity contribution >= 4 is 0 Å². The van der Waals surface area contributed by atoms with Crippen molar-refractivity contribution in [3.63, 3.8) is 0 Å². The average Bonchev–Trinajstić information content (AvgIpc) is 2.40. The number of likely N-dealkylation sites (N-methyl/N-ethyl adjacent to an activating group) is 2. The number of rotatable bonds is 4. The molecule has 3 nitrogen and oxygen atoms in total. The van der Waals surface area contributed by atoms with E-state index in [0.717, 1.165) is 5.92 Å². The molecule has 0 aliphatic heterocycles. The van der Waals surface area contributed by atoms with Gasteiger partial charge < -0.3 is 10.2 Å². The molecule has 106 valence electrons. The lowest BCUT2D eigenvalue weighted by Crippen LogP contribution is -2.55. The zero-order chi connectivity index (χ0) is 13.9. The van der Waals surface area contributed by atoms with Crippen LogP contribution in [0.25, 0.3) is 0 Å². The topological polar surface area (TPSA) is 28.2 Å². The maximum Gasteiger partial charge on any atom is 0.0519 e. The molecule has 1 heterocycles. The van der Waals surface area contributed by atoms with Gasteiger partial charge in [0.2, 0.25) is 0 Å². The quantitative estimate of drug-likeness (QED) is 0.903. The first-order valence-electron chi connectivity index (χ1n) is 7.35. The minimum Gasteiger partial charge on any atom is -0.311 e. The molecule has 1 fully saturated rings. The highest BCUT2D eigenvalue weighted by Gasteiger charge is 2.43. The highest BCUT2D eigenvalue weighted by atomic mass is 15.2. The van der Waals surface area contributed by atoms with E-state index in [9.17, 15) is 0 Å². The second-order valence-electron chi connectivity index (χ2n) is 6.21. The second-order valence-corrected chi connectivity index (χ2v) is 6.21. The van der Waals surface area contributed by atoms with Crippen molar-refractivity contribution in [2.24, 2.45) is 5.92 Å². The predicted octanol–water partition coefficient (Wildman–Crippen LogP) is 2.85. The van der Waals surface area contributed by atoms with Gasteiger partial charge >= 0.3 is 0 Å². The lowest BCUT2D eigenvalue weighted by atomic mass is 9.70. The molecule has 3 heteroatoms. The van der Waals surface area contributed by atoms with E-state index in [4.69, 9.17) is 0 Å². The Kier molecular flexibility index (Phi) is 4.58. The van der Waals surface area contributed by atoms with E-state index in [-0.39, 0.29) is 5.54 Å². The van der Waals surface area contributed by atoms with E-state index in [1.54, 1.807) is 0 Å². The molecule has 0 aromatic carbocycles. The zero-order valence-corrected chi connectivity index (χ0v) is 12.7. The van der Waals surface area contributed by atoms with Crippen LogP contribution in [0.4, 0.5) is 0 Å². The van der Waals surface area contributed by atoms with Crippen molar-refractivity contribution in [1.29, 1.82) is 0 Å². The van der Waals surface area contributed by atoms with Crippen LogP contribution in [0.3, 0.4) is 0 Å². The summed E-state index contributed by atoms with van der Waals surface area (Å²) in [6.07, 6.45) is 9.04. The Balaban J connectivity index is 2.36. The van der Waals surface area contributed by atoms with Crippen LogP contribution in [-0.2, 0) is 0 Å². The lowest BCUT2D eigenvalue weighted by molar-refractivity contribution is 0.0392. The van der Waals surface area contributed by atoms with Gasteiger partial charge in [-0.15, -0.1) is 0 Å². The number of hydrogen-bond donors (Lipinski definition) is 1. The normalized spacial score (nSPS) is 29.4. The van der Waals surface area contributed by atoms with Crippen molar-refractivity contribution < 1.29 is 0 Å². The van der Waals surface area contributed by atoms with E-state index in [0.29, 0.717) is 6.04 Å². The summed E-state index contributed by atoms with van der Waals surface area (Å²) >= 11 is 0. The molecular formula is C16H27N3. The fraction of sp³-hybridized carbons (Fsp3) is 0.688. The summed E-state index contributed by atoms with van der Waals surface area (Å²) < 4.78 is 0. The molecule has 1 aliphatic carbocycles. The van der Waals surface area contributed by atoms with Gasteiger partial charge in [-0.1, -0.05) is 25.8 Å². The van der Waals surface area contributed by atoms with Gasteiger partial charge in [0, 0.05) is 17.9 Å². The van der Waals surface area contributed by atoms with Gasteiger partial charge in [-0.3, -0.25) is 4.98 Å². The molecule has 0 saturated heterocycles. The van der Waals surface area contributed by atoms with Crippen LogP contribution in [-0.4, -0.2) is 36.6 Å². The molecule has 0 bridgehead atoms. The summed E-state index contributed by atoms with van der Waals surface area (Å²) in [6, 6.07) is 4.58. The van der Waals surface area contributed by atoms with Crippen molar-refractivity contribution in [2.75, 3.05) is 21.1 Å². The predicted molar refractivity (Wildman–Crippen MR) is 80.1 cm³/mol. The van der Waals surface area contributed by atoms with Gasteiger partial charge in [0.05, 0.1) is 6.04 Å². The van der Waals surface area contributed by atoms with Crippen molar-refractivity contribution in [3.05, 3.63) is 30.1 Å². The smallest absolute Gasteiger partial charge is 0.0519 e. The molecule has 19 heavy (non-hydrogen) atoms. The summed E-state index contributed by atoms with van der Waals surface area (Å²) in [5, 5.41) is 3.55. The Morgan fingerprint density at radius 3 is 2.79 bits per heavy atom. The Bertz CT molecular complexity index is 390. The van der Waals surface area contributed by atoms with Gasteiger partial charge in [0.25, 0.3) is 0 Å². The number of hydrogen-bond acceptors (Lipinski definition) is 3. The third-order valence-corrected chi connectivity index (χ3v) is 4.74. The number of aromatic nitrogens is 1. The fourth-order valence-electron chi connectivity index (χ4n) is 3.78. The average molecular weight is 261 g/mol. The lowest BCUT2D eigenvalue weighted by Gasteiger charge is -2.50. The number of pyridine rings is 1. The minimum absolute atomic E-state index is 0.204. The van der Waals surface area contributed by atoms with Gasteiger partial charge in [0.1, 0.15) is 0 Å². The highest BCUT2D eigenvalue weighted by Crippen LogP contribution is 2.43. The standard InChI is InChI=1S/C16H27N3/c1-13-7-5-9-16(11-13,19(3)4)15(17-2)14-8-6-10-18-12-14/h6,8,10,12-13,15,17H,5,7,9,11H2,1-4H3. The summed E-state index contributed by atoms with van der Waals surface area (Å²) in [5.74, 6) is 0.795. The van der Waals surface area contributed by atoms with Gasteiger partial charge in [-0.2, -0.15) is 0 Å². The fourth-order valence-corrected chi connectivity index (χ4v) is 3.78. The molecule has 1 aromatic rings. The van der Waals surface area contributed by atoms with Crippen LogP contribution >= 0.6 is 0 Å². The molecule has 1 aliphatic rings. The maximum absolute atomic E-state index is 4.30. The molecule has 3 atom stereocenters. The summed E-state index contributed by atoms with van der Waals surface area (Å²) in [5.41, 5.74) is 1.50. The molecule has 1 saturated carbocycles. The summed E-state index contributed by atoms with van der Waals surface area (Å²) in [6.45, 7) is 2.38. The molecule has 1 N–H and O–H groups in total. The Hall–Kier alpha value is -0.930. The minimum atomic E-state index is 0.204. The Labute approximate surface area is 117 Å². The first kappa shape index (κ1) is 14.5. The number of nitrogens with zero attached hydrogens (tertiary/aromatic N) is 2. The van der Waals surface area contributed by atoms with E-state index in [2.05, 4.69) is 49.3 Å². The monoisotopic (exact) mass is 261 g/mol. The molecule has 3 unspecified atom stereocenters. The van der Waals surface area contributed by atoms with Gasteiger partial charge in [-0.05, 0) is 51.5 Å². The summed E-state index contributed by atoms with van der Waals surface area (Å²) in [4.78, 5) is 6.73. The van der Waals surface area contributed by atoms with E-state index in [1.807, 2.05) is 18.5 Å². The van der Waals surface area contributed by atoms with Crippen molar-refractivity contribution in [2.45, 2.75) is 44.2 Å². The SMILES string of the molecule is CNC(c1cccnc1)C1(N(C)C)CCCC(C)C1. The van der Waals surface area contributed by atoms with Gasteiger partial charge in [0.15, 0.2) is 0 Å². The zero-order valence-electron chi connectivity index (χ0n) is 12.7. The second kappa shape index (κ2) is 6.02. The molecule has 0 spiro atoms. The van der Waals surface area contributed by atoms with Crippen LogP contribution in [0.1, 0.15) is 44.2 Å². The van der Waals surface area contributed by atoms with Crippen molar-refractivity contribution in [1.82, 2.24) is 15.2 Å². The molecule has 0 radical (unpaired) electrons. The highest BCUT2D eigenvalue weighted by molar-refractivity contribution is 5.20. The van der Waals surface area contributed by atoms with E-state index < -0.39 is 0 Å². The van der Waals surface area contributed by atoms with E-state index in [1.165, 1.54) is 31.2 Å².